The van der Waals surface area contributed by atoms with Gasteiger partial charge < -0.3 is 40.9 Å². The molecule has 5 atom stereocenters. The highest BCUT2D eigenvalue weighted by molar-refractivity contribution is 5.74. The molecule has 0 aromatic rings. The number of carbonyl (C=O) groups excluding carboxylic acids is 1. The third-order valence-electron chi connectivity index (χ3n) is 8.55. The number of hydrogen-bond donors (Lipinski definition) is 7. The van der Waals surface area contributed by atoms with E-state index in [1.807, 2.05) is 0 Å². The van der Waals surface area contributed by atoms with Crippen molar-refractivity contribution in [2.75, 3.05) is 26.4 Å². The first kappa shape index (κ1) is 43.0. The molecule has 5 unspecified atom stereocenters. The van der Waals surface area contributed by atoms with Gasteiger partial charge in [-0.05, 0) is 12.8 Å². The Morgan fingerprint density at radius 3 is 1.43 bits per heavy atom. The Hall–Kier alpha value is -0.970. The van der Waals surface area contributed by atoms with E-state index < -0.39 is 43.1 Å². The molecule has 0 saturated carbocycles. The van der Waals surface area contributed by atoms with Crippen molar-refractivity contribution in [2.24, 2.45) is 0 Å². The Labute approximate surface area is 269 Å². The Morgan fingerprint density at radius 1 is 0.591 bits per heavy atom. The second kappa shape index (κ2) is 32.0. The van der Waals surface area contributed by atoms with Crippen LogP contribution >= 0.6 is 0 Å². The smallest absolute Gasteiger partial charge is 0.315 e. The van der Waals surface area contributed by atoms with Crippen molar-refractivity contribution in [3.8, 4) is 0 Å². The Kier molecular flexibility index (Phi) is 31.3. The van der Waals surface area contributed by atoms with Crippen LogP contribution in [0.3, 0.4) is 0 Å². The van der Waals surface area contributed by atoms with Gasteiger partial charge >= 0.3 is 6.03 Å². The highest BCUT2D eigenvalue weighted by Gasteiger charge is 2.25. The van der Waals surface area contributed by atoms with Gasteiger partial charge in [0, 0.05) is 13.0 Å². The van der Waals surface area contributed by atoms with Crippen LogP contribution in [0.25, 0.3) is 0 Å². The summed E-state index contributed by atoms with van der Waals surface area (Å²) in [5, 5.41) is 54.0. The maximum Gasteiger partial charge on any atom is 0.315 e. The molecule has 0 bridgehead atoms. The number of carbonyl (C=O) groups is 1. The van der Waals surface area contributed by atoms with Gasteiger partial charge in [0.25, 0.3) is 0 Å². The molecule has 9 nitrogen and oxygen atoms in total. The van der Waals surface area contributed by atoms with Crippen molar-refractivity contribution in [1.82, 2.24) is 10.6 Å². The van der Waals surface area contributed by atoms with E-state index in [-0.39, 0.29) is 19.6 Å². The molecule has 0 aromatic heterocycles. The van der Waals surface area contributed by atoms with Gasteiger partial charge in [-0.1, -0.05) is 142 Å². The van der Waals surface area contributed by atoms with Gasteiger partial charge in [0.1, 0.15) is 12.2 Å². The number of unbranched alkanes of at least 4 members (excludes halogenated alkanes) is 20. The van der Waals surface area contributed by atoms with Crippen molar-refractivity contribution in [1.29, 1.82) is 0 Å². The maximum absolute atomic E-state index is 12.4. The topological polar surface area (TPSA) is 152 Å². The van der Waals surface area contributed by atoms with Crippen molar-refractivity contribution < 1.29 is 35.1 Å². The standard InChI is InChI=1S/C35H72N2O7/c1-3-5-6-7-8-9-10-11-12-13-14-15-16-17-18-19-20-21-22-23-24-25-36-35(43)37-31(32(40)26-30(39)4-2)28-44-29-34(42)33(41)27-38/h30-34,38-42H,3-29H2,1-2H3,(H2,36,37,43). The van der Waals surface area contributed by atoms with Gasteiger partial charge in [-0.25, -0.2) is 4.79 Å². The van der Waals surface area contributed by atoms with Gasteiger partial charge in [0.2, 0.25) is 0 Å². The number of aliphatic hydroxyl groups is 5. The molecule has 0 fully saturated rings. The number of rotatable bonds is 33. The van der Waals surface area contributed by atoms with Crippen molar-refractivity contribution in [3.63, 3.8) is 0 Å². The number of nitrogens with one attached hydrogen (secondary N) is 2. The second-order valence-corrected chi connectivity index (χ2v) is 12.8. The molecule has 0 rings (SSSR count). The van der Waals surface area contributed by atoms with Gasteiger partial charge in [-0.3, -0.25) is 0 Å². The van der Waals surface area contributed by atoms with Crippen molar-refractivity contribution in [3.05, 3.63) is 0 Å². The minimum atomic E-state index is -1.33. The summed E-state index contributed by atoms with van der Waals surface area (Å²) >= 11 is 0. The van der Waals surface area contributed by atoms with Crippen LogP contribution in [0.4, 0.5) is 4.79 Å². The number of amides is 2. The molecule has 2 amide bonds. The summed E-state index contributed by atoms with van der Waals surface area (Å²) in [4.78, 5) is 12.4. The van der Waals surface area contributed by atoms with Crippen LogP contribution in [0.2, 0.25) is 0 Å². The van der Waals surface area contributed by atoms with E-state index in [0.29, 0.717) is 13.0 Å². The van der Waals surface area contributed by atoms with Crippen LogP contribution in [-0.4, -0.2) is 88.4 Å². The Bertz CT molecular complexity index is 614. The van der Waals surface area contributed by atoms with E-state index in [2.05, 4.69) is 17.6 Å². The first-order chi connectivity index (χ1) is 21.3. The summed E-state index contributed by atoms with van der Waals surface area (Å²) < 4.78 is 5.37. The Morgan fingerprint density at radius 2 is 1.02 bits per heavy atom. The molecule has 264 valence electrons. The number of ether oxygens (including phenoxy) is 1. The third kappa shape index (κ3) is 27.3. The minimum absolute atomic E-state index is 0.0754. The summed E-state index contributed by atoms with van der Waals surface area (Å²) in [5.74, 6) is 0. The zero-order valence-electron chi connectivity index (χ0n) is 28.5. The largest absolute Gasteiger partial charge is 0.394 e. The summed E-state index contributed by atoms with van der Waals surface area (Å²) in [6.07, 6.45) is 24.1. The molecule has 0 aliphatic rings. The zero-order valence-corrected chi connectivity index (χ0v) is 28.5. The van der Waals surface area contributed by atoms with E-state index in [4.69, 9.17) is 9.84 Å². The summed E-state index contributed by atoms with van der Waals surface area (Å²) in [5.41, 5.74) is 0. The Balaban J connectivity index is 3.75. The molecule has 0 aliphatic carbocycles. The quantitative estimate of drug-likeness (QED) is 0.0431. The lowest BCUT2D eigenvalue weighted by Crippen LogP contribution is -2.51. The average Bonchev–Trinajstić information content (AvgIpc) is 3.02. The lowest BCUT2D eigenvalue weighted by atomic mass is 10.0. The van der Waals surface area contributed by atoms with Crippen LogP contribution in [-0.2, 0) is 4.74 Å². The minimum Gasteiger partial charge on any atom is -0.394 e. The first-order valence-electron chi connectivity index (χ1n) is 18.3. The highest BCUT2D eigenvalue weighted by Crippen LogP contribution is 2.15. The van der Waals surface area contributed by atoms with Gasteiger partial charge in [0.15, 0.2) is 0 Å². The van der Waals surface area contributed by atoms with E-state index in [1.165, 1.54) is 116 Å². The van der Waals surface area contributed by atoms with E-state index in [0.717, 1.165) is 19.3 Å². The molecule has 0 aliphatic heterocycles. The molecule has 0 radical (unpaired) electrons. The van der Waals surface area contributed by atoms with Crippen LogP contribution in [0.5, 0.6) is 0 Å². The molecule has 44 heavy (non-hydrogen) atoms. The number of aliphatic hydroxyl groups excluding tert-OH is 5. The maximum atomic E-state index is 12.4. The van der Waals surface area contributed by atoms with Crippen molar-refractivity contribution >= 4 is 6.03 Å². The molecule has 0 aromatic carbocycles. The molecular formula is C35H72N2O7. The molecule has 7 N–H and O–H groups in total. The van der Waals surface area contributed by atoms with Crippen LogP contribution in [0.15, 0.2) is 0 Å². The molecule has 0 heterocycles. The fourth-order valence-corrected chi connectivity index (χ4v) is 5.39. The van der Waals surface area contributed by atoms with E-state index in [1.54, 1.807) is 6.92 Å². The van der Waals surface area contributed by atoms with E-state index in [9.17, 15) is 25.2 Å². The fourth-order valence-electron chi connectivity index (χ4n) is 5.39. The monoisotopic (exact) mass is 633 g/mol. The predicted octanol–water partition coefficient (Wildman–Crippen LogP) is 6.12. The van der Waals surface area contributed by atoms with E-state index >= 15 is 0 Å². The molecule has 0 saturated heterocycles. The van der Waals surface area contributed by atoms with Crippen LogP contribution in [0, 0.1) is 0 Å². The summed E-state index contributed by atoms with van der Waals surface area (Å²) in [6, 6.07) is -1.22. The van der Waals surface area contributed by atoms with Crippen molar-refractivity contribution in [2.45, 2.75) is 192 Å². The molecule has 9 heteroatoms. The highest BCUT2D eigenvalue weighted by atomic mass is 16.5. The first-order valence-corrected chi connectivity index (χ1v) is 18.3. The van der Waals surface area contributed by atoms with Gasteiger partial charge in [-0.2, -0.15) is 0 Å². The van der Waals surface area contributed by atoms with Gasteiger partial charge in [0.05, 0.1) is 38.1 Å². The second-order valence-electron chi connectivity index (χ2n) is 12.8. The summed E-state index contributed by atoms with van der Waals surface area (Å²) in [7, 11) is 0. The molecular weight excluding hydrogens is 560 g/mol. The number of hydrogen-bond acceptors (Lipinski definition) is 7. The predicted molar refractivity (Wildman–Crippen MR) is 180 cm³/mol. The zero-order chi connectivity index (χ0) is 32.7. The third-order valence-corrected chi connectivity index (χ3v) is 8.55. The normalized spacial score (nSPS) is 15.1. The fraction of sp³-hybridized carbons (Fsp3) is 0.971. The lowest BCUT2D eigenvalue weighted by Gasteiger charge is -2.26. The number of urea groups is 1. The summed E-state index contributed by atoms with van der Waals surface area (Å²) in [6.45, 7) is 3.65. The average molecular weight is 633 g/mol. The van der Waals surface area contributed by atoms with Gasteiger partial charge in [-0.15, -0.1) is 0 Å². The van der Waals surface area contributed by atoms with Crippen LogP contribution < -0.4 is 10.6 Å². The lowest BCUT2D eigenvalue weighted by molar-refractivity contribution is -0.0652. The molecule has 0 spiro atoms. The SMILES string of the molecule is CCCCCCCCCCCCCCCCCCCCCCCNC(=O)NC(COCC(O)C(O)CO)C(O)CC(O)CC. The van der Waals surface area contributed by atoms with Crippen LogP contribution in [0.1, 0.15) is 162 Å².